The summed E-state index contributed by atoms with van der Waals surface area (Å²) < 4.78 is 0. The van der Waals surface area contributed by atoms with Gasteiger partial charge in [-0.25, -0.2) is 4.98 Å². The van der Waals surface area contributed by atoms with Crippen LogP contribution in [0.2, 0.25) is 5.15 Å². The topological polar surface area (TPSA) is 74.3 Å². The Morgan fingerprint density at radius 2 is 1.91 bits per heavy atom. The fourth-order valence-electron chi connectivity index (χ4n) is 4.14. The van der Waals surface area contributed by atoms with E-state index in [9.17, 15) is 9.59 Å². The number of hydrogen-bond acceptors (Lipinski definition) is 4. The number of pyridine rings is 1. The molecular weight excluding hydrogens is 459 g/mol. The van der Waals surface area contributed by atoms with E-state index in [-0.39, 0.29) is 30.3 Å². The molecule has 3 aromatic rings. The third kappa shape index (κ3) is 4.98. The summed E-state index contributed by atoms with van der Waals surface area (Å²) in [5.41, 5.74) is 4.55. The van der Waals surface area contributed by atoms with Gasteiger partial charge in [-0.3, -0.25) is 9.59 Å². The van der Waals surface area contributed by atoms with Gasteiger partial charge in [0.05, 0.1) is 18.1 Å². The molecule has 0 saturated heterocycles. The van der Waals surface area contributed by atoms with E-state index in [2.05, 4.69) is 15.6 Å². The van der Waals surface area contributed by atoms with E-state index in [1.54, 1.807) is 18.9 Å². The SMILES string of the molecule is CNC(C)C(=O)NC1CCc2ccccc2N(Cc2c(C)c(Cl)nc3ccccc23)C1=O.Cl. The van der Waals surface area contributed by atoms with Gasteiger partial charge in [-0.2, -0.15) is 0 Å². The highest BCUT2D eigenvalue weighted by Gasteiger charge is 2.32. The smallest absolute Gasteiger partial charge is 0.249 e. The number of benzene rings is 2. The van der Waals surface area contributed by atoms with E-state index < -0.39 is 6.04 Å². The Morgan fingerprint density at radius 3 is 2.67 bits per heavy atom. The standard InChI is InChI=1S/C25H27ClN4O2.ClH/c1-15-19(18-9-5-6-10-20(18)28-23(15)26)14-30-22-11-7-4-8-17(22)12-13-21(25(30)32)29-24(31)16(2)27-3;/h4-11,16,21,27H,12-14H2,1-3H3,(H,29,31);1H. The zero-order chi connectivity index (χ0) is 22.8. The number of nitrogens with one attached hydrogen (secondary N) is 2. The molecule has 1 aliphatic heterocycles. The third-order valence-electron chi connectivity index (χ3n) is 6.22. The molecule has 2 atom stereocenters. The molecule has 174 valence electrons. The number of hydrogen-bond donors (Lipinski definition) is 2. The Labute approximate surface area is 205 Å². The number of likely N-dealkylation sites (N-methyl/N-ethyl adjacent to an activating group) is 1. The first-order valence-electron chi connectivity index (χ1n) is 10.8. The van der Waals surface area contributed by atoms with Gasteiger partial charge in [-0.05, 0) is 62.6 Å². The molecule has 0 fully saturated rings. The molecule has 6 nitrogen and oxygen atoms in total. The van der Waals surface area contributed by atoms with Crippen molar-refractivity contribution in [3.8, 4) is 0 Å². The fourth-order valence-corrected chi connectivity index (χ4v) is 4.35. The lowest BCUT2D eigenvalue weighted by atomic mass is 10.0. The van der Waals surface area contributed by atoms with Gasteiger partial charge in [0.25, 0.3) is 0 Å². The van der Waals surface area contributed by atoms with Crippen molar-refractivity contribution in [1.82, 2.24) is 15.6 Å². The van der Waals surface area contributed by atoms with Gasteiger partial charge >= 0.3 is 0 Å². The summed E-state index contributed by atoms with van der Waals surface area (Å²) in [6.07, 6.45) is 1.25. The summed E-state index contributed by atoms with van der Waals surface area (Å²) in [7, 11) is 1.72. The highest BCUT2D eigenvalue weighted by Crippen LogP contribution is 2.32. The highest BCUT2D eigenvalue weighted by molar-refractivity contribution is 6.30. The zero-order valence-corrected chi connectivity index (χ0v) is 20.5. The van der Waals surface area contributed by atoms with Crippen LogP contribution in [0.15, 0.2) is 48.5 Å². The number of aryl methyl sites for hydroxylation is 1. The number of para-hydroxylation sites is 2. The quantitative estimate of drug-likeness (QED) is 0.530. The molecule has 0 saturated carbocycles. The number of anilines is 1. The average Bonchev–Trinajstić information content (AvgIpc) is 2.93. The minimum absolute atomic E-state index is 0. The zero-order valence-electron chi connectivity index (χ0n) is 18.9. The van der Waals surface area contributed by atoms with Crippen molar-refractivity contribution in [3.63, 3.8) is 0 Å². The predicted molar refractivity (Wildman–Crippen MR) is 135 cm³/mol. The van der Waals surface area contributed by atoms with E-state index in [0.29, 0.717) is 24.5 Å². The van der Waals surface area contributed by atoms with Crippen molar-refractivity contribution in [3.05, 3.63) is 70.4 Å². The Hall–Kier alpha value is -2.67. The van der Waals surface area contributed by atoms with Crippen LogP contribution in [0.3, 0.4) is 0 Å². The van der Waals surface area contributed by atoms with Gasteiger partial charge < -0.3 is 15.5 Å². The van der Waals surface area contributed by atoms with E-state index in [1.807, 2.05) is 55.5 Å². The number of carbonyl (C=O) groups is 2. The second kappa shape index (κ2) is 10.5. The summed E-state index contributed by atoms with van der Waals surface area (Å²) in [4.78, 5) is 32.5. The van der Waals surface area contributed by atoms with Crippen LogP contribution in [-0.4, -0.2) is 35.9 Å². The number of carbonyl (C=O) groups excluding carboxylic acids is 2. The summed E-state index contributed by atoms with van der Waals surface area (Å²) in [5, 5.41) is 7.27. The number of rotatable bonds is 5. The molecular formula is C25H28Cl2N4O2. The molecule has 2 N–H and O–H groups in total. The van der Waals surface area contributed by atoms with Crippen LogP contribution in [0, 0.1) is 6.92 Å². The molecule has 0 spiro atoms. The number of halogens is 2. The summed E-state index contributed by atoms with van der Waals surface area (Å²) in [6.45, 7) is 4.05. The van der Waals surface area contributed by atoms with Crippen molar-refractivity contribution < 1.29 is 9.59 Å². The van der Waals surface area contributed by atoms with Crippen LogP contribution in [0.25, 0.3) is 10.9 Å². The maximum absolute atomic E-state index is 13.7. The van der Waals surface area contributed by atoms with E-state index in [4.69, 9.17) is 11.6 Å². The molecule has 33 heavy (non-hydrogen) atoms. The number of nitrogens with zero attached hydrogens (tertiary/aromatic N) is 2. The van der Waals surface area contributed by atoms with Gasteiger partial charge in [0.15, 0.2) is 0 Å². The number of aromatic nitrogens is 1. The Kier molecular flexibility index (Phi) is 7.95. The van der Waals surface area contributed by atoms with Gasteiger partial charge in [-0.15, -0.1) is 12.4 Å². The lowest BCUT2D eigenvalue weighted by molar-refractivity contribution is -0.128. The van der Waals surface area contributed by atoms with Crippen molar-refractivity contribution in [2.75, 3.05) is 11.9 Å². The molecule has 8 heteroatoms. The van der Waals surface area contributed by atoms with E-state index in [1.165, 1.54) is 0 Å². The van der Waals surface area contributed by atoms with Crippen LogP contribution < -0.4 is 15.5 Å². The summed E-state index contributed by atoms with van der Waals surface area (Å²) in [5.74, 6) is -0.312. The minimum atomic E-state index is -0.602. The average molecular weight is 487 g/mol. The van der Waals surface area contributed by atoms with Crippen LogP contribution >= 0.6 is 24.0 Å². The van der Waals surface area contributed by atoms with Crippen LogP contribution in [-0.2, 0) is 22.6 Å². The first kappa shape index (κ1) is 25.0. The second-order valence-corrected chi connectivity index (χ2v) is 8.54. The Bertz CT molecular complexity index is 1180. The predicted octanol–water partition coefficient (Wildman–Crippen LogP) is 4.19. The summed E-state index contributed by atoms with van der Waals surface area (Å²) >= 11 is 6.45. The van der Waals surface area contributed by atoms with Crippen molar-refractivity contribution in [2.24, 2.45) is 0 Å². The molecule has 1 aliphatic rings. The molecule has 0 aliphatic carbocycles. The number of fused-ring (bicyclic) bond motifs is 2. The van der Waals surface area contributed by atoms with Crippen molar-refractivity contribution in [2.45, 2.75) is 45.3 Å². The molecule has 2 amide bonds. The van der Waals surface area contributed by atoms with E-state index in [0.717, 1.165) is 33.3 Å². The molecule has 2 heterocycles. The molecule has 2 aromatic carbocycles. The van der Waals surface area contributed by atoms with Gasteiger partial charge in [0.2, 0.25) is 11.8 Å². The Morgan fingerprint density at radius 1 is 1.21 bits per heavy atom. The van der Waals surface area contributed by atoms with Crippen molar-refractivity contribution >= 4 is 52.4 Å². The monoisotopic (exact) mass is 486 g/mol. The van der Waals surface area contributed by atoms with Gasteiger partial charge in [0, 0.05) is 11.1 Å². The second-order valence-electron chi connectivity index (χ2n) is 8.19. The molecule has 0 bridgehead atoms. The molecule has 2 unspecified atom stereocenters. The minimum Gasteiger partial charge on any atom is -0.343 e. The third-order valence-corrected chi connectivity index (χ3v) is 6.59. The molecule has 0 radical (unpaired) electrons. The highest BCUT2D eigenvalue weighted by atomic mass is 35.5. The summed E-state index contributed by atoms with van der Waals surface area (Å²) in [6, 6.07) is 14.7. The lowest BCUT2D eigenvalue weighted by Crippen LogP contribution is -2.52. The van der Waals surface area contributed by atoms with Crippen LogP contribution in [0.4, 0.5) is 5.69 Å². The molecule has 1 aromatic heterocycles. The maximum atomic E-state index is 13.7. The lowest BCUT2D eigenvalue weighted by Gasteiger charge is -2.28. The molecule has 4 rings (SSSR count). The first-order valence-corrected chi connectivity index (χ1v) is 11.2. The maximum Gasteiger partial charge on any atom is 0.249 e. The van der Waals surface area contributed by atoms with Gasteiger partial charge in [-0.1, -0.05) is 48.0 Å². The largest absolute Gasteiger partial charge is 0.343 e. The fraction of sp³-hybridized carbons (Fsp3) is 0.320. The Balaban J connectivity index is 0.00000306. The van der Waals surface area contributed by atoms with Crippen molar-refractivity contribution in [1.29, 1.82) is 0 Å². The van der Waals surface area contributed by atoms with Crippen LogP contribution in [0.1, 0.15) is 30.0 Å². The van der Waals surface area contributed by atoms with Gasteiger partial charge in [0.1, 0.15) is 11.2 Å². The first-order chi connectivity index (χ1) is 15.4. The van der Waals surface area contributed by atoms with E-state index >= 15 is 0 Å². The number of amides is 2. The van der Waals surface area contributed by atoms with Crippen LogP contribution in [0.5, 0.6) is 0 Å². The normalized spacial score (nSPS) is 16.5.